The number of fused-ring (bicyclic) bond motifs is 1. The van der Waals surface area contributed by atoms with Crippen molar-refractivity contribution in [1.82, 2.24) is 10.3 Å². The Morgan fingerprint density at radius 3 is 2.86 bits per heavy atom. The quantitative estimate of drug-likeness (QED) is 0.762. The number of nitrogens with one attached hydrogen (secondary N) is 1. The predicted octanol–water partition coefficient (Wildman–Crippen LogP) is 4.40. The third kappa shape index (κ3) is 3.17. The first kappa shape index (κ1) is 14.3. The summed E-state index contributed by atoms with van der Waals surface area (Å²) in [5.74, 6) is 0.957. The summed E-state index contributed by atoms with van der Waals surface area (Å²) in [4.78, 5) is 4.21. The lowest BCUT2D eigenvalue weighted by atomic mass is 10.1. The van der Waals surface area contributed by atoms with E-state index in [0.29, 0.717) is 0 Å². The van der Waals surface area contributed by atoms with Crippen LogP contribution in [0.3, 0.4) is 0 Å². The number of halogens is 1. The van der Waals surface area contributed by atoms with Gasteiger partial charge in [-0.05, 0) is 66.2 Å². The molecule has 0 saturated carbocycles. The van der Waals surface area contributed by atoms with Crippen LogP contribution < -0.4 is 5.32 Å². The Morgan fingerprint density at radius 1 is 1.24 bits per heavy atom. The van der Waals surface area contributed by atoms with Crippen LogP contribution in [0.1, 0.15) is 22.9 Å². The van der Waals surface area contributed by atoms with Crippen molar-refractivity contribution in [2.24, 2.45) is 0 Å². The number of furan rings is 1. The molecular formula is C17H17BrN2O. The number of aromatic nitrogens is 1. The van der Waals surface area contributed by atoms with E-state index in [-0.39, 0.29) is 6.04 Å². The van der Waals surface area contributed by atoms with Crippen molar-refractivity contribution in [3.63, 3.8) is 0 Å². The molecule has 1 N–H and O–H groups in total. The van der Waals surface area contributed by atoms with Gasteiger partial charge in [0, 0.05) is 22.3 Å². The summed E-state index contributed by atoms with van der Waals surface area (Å²) in [6.07, 6.45) is 4.52. The zero-order valence-electron chi connectivity index (χ0n) is 12.1. The Hall–Kier alpha value is -1.65. The van der Waals surface area contributed by atoms with Gasteiger partial charge in [0.2, 0.25) is 0 Å². The highest BCUT2D eigenvalue weighted by Gasteiger charge is 2.15. The van der Waals surface area contributed by atoms with Crippen LogP contribution in [-0.4, -0.2) is 12.0 Å². The second kappa shape index (κ2) is 6.00. The lowest BCUT2D eigenvalue weighted by Gasteiger charge is -2.13. The first-order valence-electron chi connectivity index (χ1n) is 6.92. The lowest BCUT2D eigenvalue weighted by Crippen LogP contribution is -2.18. The second-order valence-electron chi connectivity index (χ2n) is 5.25. The molecule has 3 aromatic rings. The number of rotatable bonds is 4. The molecule has 0 aliphatic carbocycles. The largest absolute Gasteiger partial charge is 0.459 e. The van der Waals surface area contributed by atoms with Gasteiger partial charge in [0.1, 0.15) is 11.3 Å². The molecule has 1 atom stereocenters. The van der Waals surface area contributed by atoms with Crippen LogP contribution in [0, 0.1) is 6.92 Å². The molecule has 3 nitrogen and oxygen atoms in total. The first-order chi connectivity index (χ1) is 10.2. The van der Waals surface area contributed by atoms with Crippen LogP contribution in [0.25, 0.3) is 11.0 Å². The molecule has 1 unspecified atom stereocenters. The van der Waals surface area contributed by atoms with Crippen LogP contribution >= 0.6 is 15.9 Å². The molecule has 1 aromatic carbocycles. The molecule has 0 fully saturated rings. The van der Waals surface area contributed by atoms with Gasteiger partial charge in [-0.1, -0.05) is 11.6 Å². The molecule has 0 spiro atoms. The number of nitrogens with zero attached hydrogens (tertiary/aromatic N) is 1. The lowest BCUT2D eigenvalue weighted by molar-refractivity contribution is 0.450. The molecule has 0 bridgehead atoms. The van der Waals surface area contributed by atoms with E-state index in [1.54, 1.807) is 6.20 Å². The number of hydrogen-bond acceptors (Lipinski definition) is 3. The molecule has 0 radical (unpaired) electrons. The van der Waals surface area contributed by atoms with Crippen molar-refractivity contribution in [2.75, 3.05) is 7.05 Å². The zero-order chi connectivity index (χ0) is 14.8. The molecule has 0 saturated heterocycles. The van der Waals surface area contributed by atoms with Crippen molar-refractivity contribution in [3.8, 4) is 0 Å². The van der Waals surface area contributed by atoms with Crippen LogP contribution in [0.15, 0.2) is 51.6 Å². The summed E-state index contributed by atoms with van der Waals surface area (Å²) in [7, 11) is 1.95. The summed E-state index contributed by atoms with van der Waals surface area (Å²) in [5, 5.41) is 4.48. The number of pyridine rings is 1. The van der Waals surface area contributed by atoms with Gasteiger partial charge < -0.3 is 9.73 Å². The van der Waals surface area contributed by atoms with Crippen LogP contribution in [-0.2, 0) is 6.42 Å². The van der Waals surface area contributed by atoms with Gasteiger partial charge >= 0.3 is 0 Å². The van der Waals surface area contributed by atoms with Crippen molar-refractivity contribution in [1.29, 1.82) is 0 Å². The summed E-state index contributed by atoms with van der Waals surface area (Å²) >= 11 is 3.46. The Labute approximate surface area is 132 Å². The van der Waals surface area contributed by atoms with Gasteiger partial charge in [0.15, 0.2) is 0 Å². The normalized spacial score (nSPS) is 12.7. The van der Waals surface area contributed by atoms with Crippen molar-refractivity contribution < 1.29 is 4.42 Å². The third-order valence-electron chi connectivity index (χ3n) is 3.58. The fourth-order valence-corrected chi connectivity index (χ4v) is 2.92. The SMILES string of the molecule is CNC(Cc1cncc(Br)c1)c1cc2cc(C)ccc2o1. The molecule has 21 heavy (non-hydrogen) atoms. The van der Waals surface area contributed by atoms with Gasteiger partial charge in [-0.2, -0.15) is 0 Å². The molecule has 0 aliphatic rings. The Bertz CT molecular complexity index is 766. The molecule has 2 heterocycles. The number of likely N-dealkylation sites (N-methyl/N-ethyl adjacent to an activating group) is 1. The fraction of sp³-hybridized carbons (Fsp3) is 0.235. The van der Waals surface area contributed by atoms with E-state index in [2.05, 4.69) is 57.4 Å². The monoisotopic (exact) mass is 344 g/mol. The maximum atomic E-state index is 5.98. The van der Waals surface area contributed by atoms with E-state index < -0.39 is 0 Å². The minimum Gasteiger partial charge on any atom is -0.459 e. The highest BCUT2D eigenvalue weighted by Crippen LogP contribution is 2.27. The van der Waals surface area contributed by atoms with Gasteiger partial charge in [-0.15, -0.1) is 0 Å². The first-order valence-corrected chi connectivity index (χ1v) is 7.72. The van der Waals surface area contributed by atoms with Crippen molar-refractivity contribution >= 4 is 26.9 Å². The average Bonchev–Trinajstić information content (AvgIpc) is 2.87. The van der Waals surface area contributed by atoms with Crippen molar-refractivity contribution in [2.45, 2.75) is 19.4 Å². The van der Waals surface area contributed by atoms with Gasteiger partial charge in [-0.3, -0.25) is 4.98 Å². The molecule has 108 valence electrons. The topological polar surface area (TPSA) is 38.1 Å². The number of aryl methyl sites for hydroxylation is 1. The predicted molar refractivity (Wildman–Crippen MR) is 88.4 cm³/mol. The van der Waals surface area contributed by atoms with E-state index in [4.69, 9.17) is 4.42 Å². The summed E-state index contributed by atoms with van der Waals surface area (Å²) in [5.41, 5.74) is 3.34. The maximum Gasteiger partial charge on any atom is 0.134 e. The van der Waals surface area contributed by atoms with E-state index in [9.17, 15) is 0 Å². The van der Waals surface area contributed by atoms with Gasteiger partial charge in [0.05, 0.1) is 6.04 Å². The smallest absolute Gasteiger partial charge is 0.134 e. The summed E-state index contributed by atoms with van der Waals surface area (Å²) in [6, 6.07) is 10.6. The van der Waals surface area contributed by atoms with Crippen LogP contribution in [0.2, 0.25) is 0 Å². The average molecular weight is 345 g/mol. The molecule has 4 heteroatoms. The van der Waals surface area contributed by atoms with E-state index in [1.807, 2.05) is 19.3 Å². The Balaban J connectivity index is 1.90. The van der Waals surface area contributed by atoms with Gasteiger partial charge in [-0.25, -0.2) is 0 Å². The molecule has 0 aliphatic heterocycles. The molecule has 2 aromatic heterocycles. The van der Waals surface area contributed by atoms with E-state index in [1.165, 1.54) is 11.1 Å². The molecule has 0 amide bonds. The van der Waals surface area contributed by atoms with E-state index >= 15 is 0 Å². The van der Waals surface area contributed by atoms with Crippen LogP contribution in [0.5, 0.6) is 0 Å². The Kier molecular flexibility index (Phi) is 4.08. The minimum absolute atomic E-state index is 0.133. The van der Waals surface area contributed by atoms with Crippen LogP contribution in [0.4, 0.5) is 0 Å². The zero-order valence-corrected chi connectivity index (χ0v) is 13.6. The highest BCUT2D eigenvalue weighted by molar-refractivity contribution is 9.10. The Morgan fingerprint density at radius 2 is 2.10 bits per heavy atom. The minimum atomic E-state index is 0.133. The second-order valence-corrected chi connectivity index (χ2v) is 6.16. The number of hydrogen-bond donors (Lipinski definition) is 1. The van der Waals surface area contributed by atoms with E-state index in [0.717, 1.165) is 27.6 Å². The van der Waals surface area contributed by atoms with Crippen molar-refractivity contribution in [3.05, 3.63) is 64.1 Å². The maximum absolute atomic E-state index is 5.98. The standard InChI is InChI=1S/C17H17BrN2O/c1-11-3-4-16-13(5-11)8-17(21-16)15(19-2)7-12-6-14(18)10-20-9-12/h3-6,8-10,15,19H,7H2,1-2H3. The molecule has 3 rings (SSSR count). The fourth-order valence-electron chi connectivity index (χ4n) is 2.50. The highest BCUT2D eigenvalue weighted by atomic mass is 79.9. The summed E-state index contributed by atoms with van der Waals surface area (Å²) in [6.45, 7) is 2.09. The van der Waals surface area contributed by atoms with Gasteiger partial charge in [0.25, 0.3) is 0 Å². The number of benzene rings is 1. The third-order valence-corrected chi connectivity index (χ3v) is 4.02. The summed E-state index contributed by atoms with van der Waals surface area (Å²) < 4.78 is 6.98. The molecular weight excluding hydrogens is 328 g/mol.